The summed E-state index contributed by atoms with van der Waals surface area (Å²) in [5, 5.41) is 1.50. The van der Waals surface area contributed by atoms with E-state index in [1.54, 1.807) is 0 Å². The van der Waals surface area contributed by atoms with Gasteiger partial charge in [0.1, 0.15) is 19.4 Å². The Balaban J connectivity index is 0. The quantitative estimate of drug-likeness (QED) is 0.232. The molecule has 2 aromatic heterocycles. The van der Waals surface area contributed by atoms with E-state index >= 15 is 0 Å². The summed E-state index contributed by atoms with van der Waals surface area (Å²) < 4.78 is 5.55. The third-order valence-corrected chi connectivity index (χ3v) is 3.01. The Morgan fingerprint density at radius 2 is 1.67 bits per heavy atom. The number of pyridine rings is 1. The van der Waals surface area contributed by atoms with Crippen LogP contribution in [0.5, 0.6) is 0 Å². The van der Waals surface area contributed by atoms with Crippen LogP contribution in [-0.4, -0.2) is 4.57 Å². The Morgan fingerprint density at radius 3 is 1.89 bits per heavy atom. The van der Waals surface area contributed by atoms with E-state index in [9.17, 15) is 0 Å². The van der Waals surface area contributed by atoms with Crippen molar-refractivity contribution in [3.05, 3.63) is 47.2 Å². The average molecular weight is 423 g/mol. The van der Waals surface area contributed by atoms with Gasteiger partial charge in [-0.1, -0.05) is 0 Å². The fourth-order valence-corrected chi connectivity index (χ4v) is 1.32. The van der Waals surface area contributed by atoms with E-state index in [-0.39, 0.29) is 36.4 Å². The lowest BCUT2D eigenvalue weighted by Gasteiger charge is -1.84. The Kier molecular flexibility index (Phi) is 11.1. The second-order valence-corrected chi connectivity index (χ2v) is 4.15. The lowest BCUT2D eigenvalue weighted by Crippen LogP contribution is -3.00. The number of imidazole rings is 1. The zero-order chi connectivity index (χ0) is 12.1. The van der Waals surface area contributed by atoms with Crippen LogP contribution in [0, 0.1) is 0 Å². The lowest BCUT2D eigenvalue weighted by atomic mass is 10.5. The van der Waals surface area contributed by atoms with Crippen LogP contribution in [0.25, 0.3) is 0 Å². The molecule has 0 atom stereocenters. The molecular weight excluding hydrogens is 407 g/mol. The maximum atomic E-state index is 5.72. The summed E-state index contributed by atoms with van der Waals surface area (Å²) in [5.41, 5.74) is 0. The number of halogens is 4. The van der Waals surface area contributed by atoms with Crippen molar-refractivity contribution in [3.8, 4) is 0 Å². The number of nitrogens with zero attached hydrogens (tertiary/aromatic N) is 3. The van der Waals surface area contributed by atoms with E-state index in [1.807, 2.05) is 71.6 Å². The normalized spacial score (nSPS) is 8.50. The summed E-state index contributed by atoms with van der Waals surface area (Å²) in [4.78, 5) is 0. The largest absolute Gasteiger partial charge is 1.00 e. The topological polar surface area (TPSA) is 12.7 Å². The molecule has 0 saturated carbocycles. The van der Waals surface area contributed by atoms with Gasteiger partial charge in [0.2, 0.25) is 0 Å². The molecule has 7 heteroatoms. The lowest BCUT2D eigenvalue weighted by molar-refractivity contribution is -0.669. The molecule has 0 saturated heterocycles. The number of hydrogen-bond donors (Lipinski definition) is 0. The first-order chi connectivity index (χ1) is 7.52. The van der Waals surface area contributed by atoms with Crippen molar-refractivity contribution >= 4 is 23.2 Å². The number of hydrogen-bond acceptors (Lipinski definition) is 0. The minimum atomic E-state index is 0. The molecule has 102 valence electrons. The first kappa shape index (κ1) is 20.3. The van der Waals surface area contributed by atoms with E-state index in [0.29, 0.717) is 0 Å². The average Bonchev–Trinajstić information content (AvgIpc) is 2.55. The minimum Gasteiger partial charge on any atom is -1.00 e. The van der Waals surface area contributed by atoms with E-state index in [4.69, 9.17) is 23.2 Å². The Morgan fingerprint density at radius 1 is 1.06 bits per heavy atom. The fraction of sp³-hybridized carbons (Fsp3) is 0.273. The van der Waals surface area contributed by atoms with Crippen LogP contribution in [0.3, 0.4) is 0 Å². The molecule has 2 aromatic rings. The second kappa shape index (κ2) is 9.83. The summed E-state index contributed by atoms with van der Waals surface area (Å²) in [6.45, 7) is 0. The van der Waals surface area contributed by atoms with Crippen LogP contribution in [-0.2, 0) is 21.1 Å². The first-order valence-electron chi connectivity index (χ1n) is 4.79. The second-order valence-electron chi connectivity index (χ2n) is 3.42. The van der Waals surface area contributed by atoms with Crippen molar-refractivity contribution < 1.29 is 45.5 Å². The van der Waals surface area contributed by atoms with Crippen LogP contribution in [0.2, 0.25) is 10.4 Å². The van der Waals surface area contributed by atoms with Gasteiger partial charge in [-0.25, -0.2) is 9.13 Å². The molecular formula is C11H15Cl3IN3. The zero-order valence-corrected chi connectivity index (χ0v) is 14.7. The monoisotopic (exact) mass is 421 g/mol. The Labute approximate surface area is 141 Å². The molecule has 0 aromatic carbocycles. The van der Waals surface area contributed by atoms with Gasteiger partial charge < -0.3 is 36.4 Å². The molecule has 18 heavy (non-hydrogen) atoms. The molecule has 0 N–H and O–H groups in total. The molecule has 2 rings (SSSR count). The molecule has 0 amide bonds. The van der Waals surface area contributed by atoms with Crippen molar-refractivity contribution in [1.82, 2.24) is 4.57 Å². The highest BCUT2D eigenvalue weighted by molar-refractivity contribution is 6.28. The maximum Gasteiger partial charge on any atom is 0.354 e. The summed E-state index contributed by atoms with van der Waals surface area (Å²) in [6.07, 6.45) is 5.72. The van der Waals surface area contributed by atoms with Crippen LogP contribution < -0.4 is 45.5 Å². The predicted molar refractivity (Wildman–Crippen MR) is 64.2 cm³/mol. The van der Waals surface area contributed by atoms with Crippen molar-refractivity contribution in [2.75, 3.05) is 0 Å². The maximum absolute atomic E-state index is 5.72. The SMILES string of the molecule is C[n+]1ccccc1Cl.Cn1cc[n+](C)c1Cl.[Cl-].[I-]. The van der Waals surface area contributed by atoms with Crippen LogP contribution in [0.15, 0.2) is 36.8 Å². The molecule has 3 nitrogen and oxygen atoms in total. The van der Waals surface area contributed by atoms with E-state index in [2.05, 4.69) is 0 Å². The Hall–Kier alpha value is -0.0400. The third kappa shape index (κ3) is 6.22. The van der Waals surface area contributed by atoms with Gasteiger partial charge in [0, 0.05) is 23.7 Å². The van der Waals surface area contributed by atoms with Crippen molar-refractivity contribution in [2.24, 2.45) is 21.1 Å². The summed E-state index contributed by atoms with van der Waals surface area (Å²) in [5.74, 6) is 0. The third-order valence-electron chi connectivity index (χ3n) is 2.09. The van der Waals surface area contributed by atoms with Crippen molar-refractivity contribution in [2.45, 2.75) is 0 Å². The highest BCUT2D eigenvalue weighted by Gasteiger charge is 2.04. The van der Waals surface area contributed by atoms with Gasteiger partial charge in [-0.05, 0) is 17.7 Å². The smallest absolute Gasteiger partial charge is 0.354 e. The Bertz CT molecular complexity index is 434. The first-order valence-corrected chi connectivity index (χ1v) is 5.54. The molecule has 0 fully saturated rings. The van der Waals surface area contributed by atoms with Gasteiger partial charge in [0.15, 0.2) is 6.20 Å². The summed E-state index contributed by atoms with van der Waals surface area (Å²) >= 11 is 11.4. The van der Waals surface area contributed by atoms with Gasteiger partial charge in [-0.2, -0.15) is 4.57 Å². The van der Waals surface area contributed by atoms with Crippen molar-refractivity contribution in [1.29, 1.82) is 0 Å². The zero-order valence-electron chi connectivity index (χ0n) is 10.3. The standard InChI is InChI=1S/C6H7ClN.C5H8ClN2.ClH.HI/c1-8-5-3-2-4-6(8)7;1-7-3-4-8(2)5(7)6;;/h2-5H,1H3;3-4H,1-2H3;2*1H/q2*+1;;/p-2. The van der Waals surface area contributed by atoms with E-state index in [1.165, 1.54) is 0 Å². The number of aryl methyl sites for hydroxylation is 3. The number of aromatic nitrogens is 3. The summed E-state index contributed by atoms with van der Waals surface area (Å²) in [7, 11) is 5.72. The molecule has 0 spiro atoms. The summed E-state index contributed by atoms with van der Waals surface area (Å²) in [6, 6.07) is 5.69. The van der Waals surface area contributed by atoms with Crippen molar-refractivity contribution in [3.63, 3.8) is 0 Å². The minimum absolute atomic E-state index is 0. The van der Waals surface area contributed by atoms with Gasteiger partial charge in [0.05, 0.1) is 14.1 Å². The predicted octanol–water partition coefficient (Wildman–Crippen LogP) is -4.32. The van der Waals surface area contributed by atoms with Crippen LogP contribution >= 0.6 is 23.2 Å². The fourth-order valence-electron chi connectivity index (χ4n) is 1.07. The van der Waals surface area contributed by atoms with Gasteiger partial charge in [0.25, 0.3) is 5.15 Å². The number of rotatable bonds is 0. The highest BCUT2D eigenvalue weighted by Crippen LogP contribution is 1.96. The molecule has 0 aliphatic carbocycles. The van der Waals surface area contributed by atoms with Gasteiger partial charge in [-0.3, -0.25) is 0 Å². The molecule has 0 unspecified atom stereocenters. The van der Waals surface area contributed by atoms with Crippen LogP contribution in [0.4, 0.5) is 0 Å². The van der Waals surface area contributed by atoms with Crippen LogP contribution in [0.1, 0.15) is 0 Å². The molecule has 0 aliphatic rings. The van der Waals surface area contributed by atoms with E-state index in [0.717, 1.165) is 10.4 Å². The van der Waals surface area contributed by atoms with Gasteiger partial charge >= 0.3 is 5.28 Å². The highest BCUT2D eigenvalue weighted by atomic mass is 127. The molecule has 2 heterocycles. The van der Waals surface area contributed by atoms with E-state index < -0.39 is 0 Å². The molecule has 0 radical (unpaired) electrons. The van der Waals surface area contributed by atoms with Gasteiger partial charge in [-0.15, -0.1) is 0 Å². The molecule has 0 bridgehead atoms. The molecule has 0 aliphatic heterocycles.